The number of hydrogen-bond acceptors (Lipinski definition) is 5. The van der Waals surface area contributed by atoms with Gasteiger partial charge in [-0.25, -0.2) is 14.2 Å². The molecule has 4 rings (SSSR count). The molecule has 2 N–H and O–H groups in total. The van der Waals surface area contributed by atoms with Crippen LogP contribution in [0.5, 0.6) is 11.5 Å². The molecule has 11 heteroatoms. The predicted octanol–water partition coefficient (Wildman–Crippen LogP) is 6.29. The Hall–Kier alpha value is -4.25. The molecular weight excluding hydrogens is 478 g/mol. The van der Waals surface area contributed by atoms with Crippen molar-refractivity contribution in [1.29, 1.82) is 0 Å². The molecule has 4 aromatic rings. The van der Waals surface area contributed by atoms with E-state index in [2.05, 4.69) is 20.6 Å². The summed E-state index contributed by atoms with van der Waals surface area (Å²) in [6, 6.07) is 13.1. The number of fused-ring (bicyclic) bond motifs is 1. The number of carbonyl (C=O) groups is 1. The normalized spacial score (nSPS) is 11.5. The van der Waals surface area contributed by atoms with Gasteiger partial charge >= 0.3 is 12.2 Å². The maximum Gasteiger partial charge on any atom is 0.419 e. The summed E-state index contributed by atoms with van der Waals surface area (Å²) in [6.07, 6.45) is -3.14. The number of nitrogens with one attached hydrogen (secondary N) is 2. The first-order valence-corrected chi connectivity index (χ1v) is 10.7. The molecule has 186 valence electrons. The Morgan fingerprint density at radius 3 is 2.28 bits per heavy atom. The van der Waals surface area contributed by atoms with Gasteiger partial charge in [-0.3, -0.25) is 4.98 Å². The molecule has 0 radical (unpaired) electrons. The lowest BCUT2D eigenvalue weighted by molar-refractivity contribution is -0.139. The third kappa shape index (κ3) is 6.25. The molecule has 0 aliphatic heterocycles. The van der Waals surface area contributed by atoms with Crippen LogP contribution in [0.25, 0.3) is 11.0 Å². The van der Waals surface area contributed by atoms with Crippen molar-refractivity contribution in [3.8, 4) is 11.5 Å². The second kappa shape index (κ2) is 10.2. The van der Waals surface area contributed by atoms with Crippen LogP contribution in [0.3, 0.4) is 0 Å². The second-order valence-corrected chi connectivity index (χ2v) is 8.15. The fourth-order valence-corrected chi connectivity index (χ4v) is 3.35. The zero-order valence-corrected chi connectivity index (χ0v) is 19.2. The van der Waals surface area contributed by atoms with Crippen LogP contribution in [0.2, 0.25) is 0 Å². The molecule has 36 heavy (non-hydrogen) atoms. The molecule has 1 aromatic heterocycles. The molecule has 3 aromatic carbocycles. The third-order valence-corrected chi connectivity index (χ3v) is 4.92. The van der Waals surface area contributed by atoms with Crippen LogP contribution in [0.15, 0.2) is 66.9 Å². The summed E-state index contributed by atoms with van der Waals surface area (Å²) in [6.45, 7) is 0.653. The molecule has 0 unspecified atom stereocenters. The number of nitrogens with zero attached hydrogens (tertiary/aromatic N) is 3. The van der Waals surface area contributed by atoms with Gasteiger partial charge in [0.2, 0.25) is 0 Å². The number of anilines is 2. The molecule has 0 saturated heterocycles. The number of hydrogen-bond donors (Lipinski definition) is 2. The van der Waals surface area contributed by atoms with E-state index in [9.17, 15) is 22.4 Å². The molecule has 0 saturated carbocycles. The van der Waals surface area contributed by atoms with Crippen molar-refractivity contribution >= 4 is 28.4 Å². The molecule has 0 bridgehead atoms. The van der Waals surface area contributed by atoms with Crippen molar-refractivity contribution in [2.45, 2.75) is 12.7 Å². The monoisotopic (exact) mass is 499 g/mol. The lowest BCUT2D eigenvalue weighted by Crippen LogP contribution is -2.20. The van der Waals surface area contributed by atoms with E-state index in [1.54, 1.807) is 48.7 Å². The van der Waals surface area contributed by atoms with Gasteiger partial charge < -0.3 is 20.3 Å². The van der Waals surface area contributed by atoms with Crippen LogP contribution >= 0.6 is 0 Å². The highest BCUT2D eigenvalue weighted by atomic mass is 19.4. The number of halogens is 4. The summed E-state index contributed by atoms with van der Waals surface area (Å²) in [5, 5.41) is 4.75. The second-order valence-electron chi connectivity index (χ2n) is 8.15. The summed E-state index contributed by atoms with van der Waals surface area (Å²) in [7, 11) is 3.89. The van der Waals surface area contributed by atoms with Gasteiger partial charge in [0.15, 0.2) is 0 Å². The van der Waals surface area contributed by atoms with Crippen LogP contribution in [-0.2, 0) is 12.7 Å². The average molecular weight is 499 g/mol. The smallest absolute Gasteiger partial charge is 0.419 e. The highest BCUT2D eigenvalue weighted by molar-refractivity contribution is 5.99. The largest absolute Gasteiger partial charge is 0.457 e. The summed E-state index contributed by atoms with van der Waals surface area (Å²) >= 11 is 0. The van der Waals surface area contributed by atoms with E-state index in [1.807, 2.05) is 19.0 Å². The van der Waals surface area contributed by atoms with E-state index >= 15 is 0 Å². The molecule has 2 amide bonds. The summed E-state index contributed by atoms with van der Waals surface area (Å²) in [4.78, 5) is 23.2. The lowest BCUT2D eigenvalue weighted by atomic mass is 10.2. The number of benzene rings is 3. The first-order valence-electron chi connectivity index (χ1n) is 10.7. The molecule has 0 aliphatic carbocycles. The maximum atomic E-state index is 13.4. The maximum absolute atomic E-state index is 13.4. The van der Waals surface area contributed by atoms with Gasteiger partial charge in [-0.2, -0.15) is 13.2 Å². The molecule has 0 fully saturated rings. The molecule has 0 spiro atoms. The average Bonchev–Trinajstić information content (AvgIpc) is 2.80. The number of urea groups is 1. The van der Waals surface area contributed by atoms with E-state index in [4.69, 9.17) is 4.74 Å². The minimum absolute atomic E-state index is 0.200. The van der Waals surface area contributed by atoms with Crippen molar-refractivity contribution in [2.75, 3.05) is 24.7 Å². The topological polar surface area (TPSA) is 79.4 Å². The van der Waals surface area contributed by atoms with Gasteiger partial charge in [0.1, 0.15) is 17.3 Å². The first-order chi connectivity index (χ1) is 17.1. The zero-order valence-electron chi connectivity index (χ0n) is 19.2. The van der Waals surface area contributed by atoms with Gasteiger partial charge in [-0.15, -0.1) is 0 Å². The summed E-state index contributed by atoms with van der Waals surface area (Å²) in [5.41, 5.74) is 0.962. The number of ether oxygens (including phenoxy) is 1. The number of alkyl halides is 3. The summed E-state index contributed by atoms with van der Waals surface area (Å²) in [5.74, 6) is -0.378. The van der Waals surface area contributed by atoms with Crippen LogP contribution in [-0.4, -0.2) is 35.0 Å². The standard InChI is InChI=1S/C25H21F4N5O2/c1-34(2)14-17-13-30-22-10-8-19(12-23(22)31-17)36-18-6-3-15(4-7-18)32-24(35)33-16-5-9-21(26)20(11-16)25(27,28)29/h3-13H,14H2,1-2H3,(H2,32,33,35). The van der Waals surface area contributed by atoms with E-state index in [0.717, 1.165) is 17.3 Å². The van der Waals surface area contributed by atoms with Crippen LogP contribution in [0.4, 0.5) is 33.7 Å². The van der Waals surface area contributed by atoms with Crippen molar-refractivity contribution in [3.63, 3.8) is 0 Å². The lowest BCUT2D eigenvalue weighted by Gasteiger charge is -2.12. The van der Waals surface area contributed by atoms with Crippen LogP contribution in [0.1, 0.15) is 11.3 Å². The quantitative estimate of drug-likeness (QED) is 0.305. The van der Waals surface area contributed by atoms with E-state index in [1.165, 1.54) is 0 Å². The number of aromatic nitrogens is 2. The molecule has 0 aliphatic rings. The Bertz CT molecular complexity index is 1390. The van der Waals surface area contributed by atoms with Crippen LogP contribution < -0.4 is 15.4 Å². The van der Waals surface area contributed by atoms with E-state index < -0.39 is 23.6 Å². The Kier molecular flexibility index (Phi) is 7.02. The molecule has 0 atom stereocenters. The Morgan fingerprint density at radius 1 is 0.917 bits per heavy atom. The molecular formula is C25H21F4N5O2. The Morgan fingerprint density at radius 2 is 1.58 bits per heavy atom. The summed E-state index contributed by atoms with van der Waals surface area (Å²) < 4.78 is 57.9. The van der Waals surface area contributed by atoms with Gasteiger partial charge in [0.25, 0.3) is 0 Å². The minimum atomic E-state index is -4.87. The van der Waals surface area contributed by atoms with Crippen molar-refractivity contribution < 1.29 is 27.1 Å². The van der Waals surface area contributed by atoms with Gasteiger partial charge in [0, 0.05) is 24.0 Å². The predicted molar refractivity (Wildman–Crippen MR) is 127 cm³/mol. The van der Waals surface area contributed by atoms with Crippen molar-refractivity contribution in [1.82, 2.24) is 14.9 Å². The number of rotatable bonds is 6. The third-order valence-electron chi connectivity index (χ3n) is 4.92. The van der Waals surface area contributed by atoms with E-state index in [0.29, 0.717) is 41.4 Å². The van der Waals surface area contributed by atoms with Crippen molar-refractivity contribution in [3.05, 3.63) is 83.9 Å². The van der Waals surface area contributed by atoms with Gasteiger partial charge in [-0.05, 0) is 68.7 Å². The zero-order chi connectivity index (χ0) is 25.9. The Balaban J connectivity index is 1.40. The number of carbonyl (C=O) groups excluding carboxylic acids is 1. The van der Waals surface area contributed by atoms with Gasteiger partial charge in [0.05, 0.1) is 28.5 Å². The Labute approximate surface area is 203 Å². The first kappa shape index (κ1) is 24.9. The van der Waals surface area contributed by atoms with Gasteiger partial charge in [-0.1, -0.05) is 0 Å². The van der Waals surface area contributed by atoms with Crippen LogP contribution in [0, 0.1) is 5.82 Å². The highest BCUT2D eigenvalue weighted by Crippen LogP contribution is 2.33. The minimum Gasteiger partial charge on any atom is -0.457 e. The fraction of sp³-hybridized carbons (Fsp3) is 0.160. The fourth-order valence-electron chi connectivity index (χ4n) is 3.35. The highest BCUT2D eigenvalue weighted by Gasteiger charge is 2.34. The molecule has 7 nitrogen and oxygen atoms in total. The SMILES string of the molecule is CN(C)Cc1cnc2ccc(Oc3ccc(NC(=O)Nc4ccc(F)c(C(F)(F)F)c4)cc3)cc2n1. The number of amides is 2. The molecule has 1 heterocycles. The van der Waals surface area contributed by atoms with Crippen molar-refractivity contribution in [2.24, 2.45) is 0 Å². The van der Waals surface area contributed by atoms with E-state index in [-0.39, 0.29) is 5.69 Å².